The van der Waals surface area contributed by atoms with E-state index in [1.54, 1.807) is 0 Å². The van der Waals surface area contributed by atoms with Gasteiger partial charge < -0.3 is 10.0 Å². The van der Waals surface area contributed by atoms with Gasteiger partial charge in [-0.2, -0.15) is 5.26 Å². The molecule has 1 aromatic rings. The average Bonchev–Trinajstić information content (AvgIpc) is 3.19. The van der Waals surface area contributed by atoms with Gasteiger partial charge in [-0.15, -0.1) is 0 Å². The summed E-state index contributed by atoms with van der Waals surface area (Å²) in [5, 5.41) is 17.6. The molecule has 0 aromatic heterocycles. The summed E-state index contributed by atoms with van der Waals surface area (Å²) >= 11 is 0. The van der Waals surface area contributed by atoms with E-state index in [9.17, 15) is 0 Å². The maximum absolute atomic E-state index is 8.82. The highest BCUT2D eigenvalue weighted by Gasteiger charge is 2.28. The van der Waals surface area contributed by atoms with Crippen LogP contribution in [0.4, 0.5) is 5.69 Å². The molecule has 1 N–H and O–H groups in total. The third-order valence-electron chi connectivity index (χ3n) is 3.12. The van der Waals surface area contributed by atoms with Gasteiger partial charge in [0.05, 0.1) is 11.6 Å². The van der Waals surface area contributed by atoms with Crippen molar-refractivity contribution in [2.24, 2.45) is 0 Å². The molecule has 2 rings (SSSR count). The SMILES string of the molecule is N#Cc1ccc(N(CCCCO)C2CC2)cc1. The lowest BCUT2D eigenvalue weighted by atomic mass is 10.2. The summed E-state index contributed by atoms with van der Waals surface area (Å²) in [5.41, 5.74) is 1.91. The second kappa shape index (κ2) is 5.70. The van der Waals surface area contributed by atoms with Crippen molar-refractivity contribution in [1.29, 1.82) is 5.26 Å². The van der Waals surface area contributed by atoms with Gasteiger partial charge in [0.1, 0.15) is 0 Å². The molecule has 1 saturated carbocycles. The van der Waals surface area contributed by atoms with Crippen molar-refractivity contribution in [3.8, 4) is 6.07 Å². The number of benzene rings is 1. The average molecular weight is 230 g/mol. The number of aliphatic hydroxyl groups excluding tert-OH is 1. The van der Waals surface area contributed by atoms with Gasteiger partial charge in [-0.05, 0) is 49.9 Å². The van der Waals surface area contributed by atoms with E-state index >= 15 is 0 Å². The molecule has 1 aromatic carbocycles. The summed E-state index contributed by atoms with van der Waals surface area (Å²) in [7, 11) is 0. The molecule has 0 aliphatic heterocycles. The van der Waals surface area contributed by atoms with E-state index in [1.807, 2.05) is 24.3 Å². The van der Waals surface area contributed by atoms with E-state index in [0.29, 0.717) is 11.6 Å². The van der Waals surface area contributed by atoms with E-state index in [4.69, 9.17) is 10.4 Å². The van der Waals surface area contributed by atoms with Gasteiger partial charge in [0.15, 0.2) is 0 Å². The van der Waals surface area contributed by atoms with Gasteiger partial charge in [0.2, 0.25) is 0 Å². The van der Waals surface area contributed by atoms with Crippen molar-refractivity contribution in [3.63, 3.8) is 0 Å². The minimum absolute atomic E-state index is 0.270. The third-order valence-corrected chi connectivity index (χ3v) is 3.12. The molecule has 90 valence electrons. The molecule has 0 bridgehead atoms. The summed E-state index contributed by atoms with van der Waals surface area (Å²) in [6.07, 6.45) is 4.41. The first-order valence-electron chi connectivity index (χ1n) is 6.23. The van der Waals surface area contributed by atoms with Crippen LogP contribution in [0.1, 0.15) is 31.2 Å². The Bertz CT molecular complexity index is 390. The number of hydrogen-bond acceptors (Lipinski definition) is 3. The van der Waals surface area contributed by atoms with Gasteiger partial charge in [-0.1, -0.05) is 0 Å². The predicted octanol–water partition coefficient (Wildman–Crippen LogP) is 2.30. The first-order chi connectivity index (χ1) is 8.35. The quantitative estimate of drug-likeness (QED) is 0.763. The normalized spacial score (nSPS) is 14.4. The lowest BCUT2D eigenvalue weighted by Gasteiger charge is -2.24. The molecule has 0 unspecified atom stereocenters. The molecule has 1 aliphatic carbocycles. The monoisotopic (exact) mass is 230 g/mol. The largest absolute Gasteiger partial charge is 0.396 e. The lowest BCUT2D eigenvalue weighted by Crippen LogP contribution is -2.26. The number of nitrogens with zero attached hydrogens (tertiary/aromatic N) is 2. The van der Waals surface area contributed by atoms with Gasteiger partial charge in [-0.3, -0.25) is 0 Å². The van der Waals surface area contributed by atoms with Gasteiger partial charge >= 0.3 is 0 Å². The summed E-state index contributed by atoms with van der Waals surface area (Å²) < 4.78 is 0. The highest BCUT2D eigenvalue weighted by molar-refractivity contribution is 5.51. The zero-order valence-corrected chi connectivity index (χ0v) is 9.97. The third kappa shape index (κ3) is 3.21. The van der Waals surface area contributed by atoms with E-state index in [2.05, 4.69) is 11.0 Å². The minimum atomic E-state index is 0.270. The van der Waals surface area contributed by atoms with E-state index in [1.165, 1.54) is 18.5 Å². The molecular formula is C14H18N2O. The Kier molecular flexibility index (Phi) is 4.00. The first kappa shape index (κ1) is 11.9. The zero-order valence-electron chi connectivity index (χ0n) is 9.97. The van der Waals surface area contributed by atoms with Crippen molar-refractivity contribution in [1.82, 2.24) is 0 Å². The fourth-order valence-electron chi connectivity index (χ4n) is 2.03. The molecule has 0 saturated heterocycles. The standard InChI is InChI=1S/C14H18N2O/c15-11-12-3-5-13(6-4-12)16(14-7-8-14)9-1-2-10-17/h3-6,14,17H,1-2,7-10H2. The van der Waals surface area contributed by atoms with Crippen molar-refractivity contribution in [2.75, 3.05) is 18.1 Å². The number of unbranched alkanes of at least 4 members (excludes halogenated alkanes) is 1. The molecule has 17 heavy (non-hydrogen) atoms. The van der Waals surface area contributed by atoms with Crippen LogP contribution in [0.15, 0.2) is 24.3 Å². The second-order valence-corrected chi connectivity index (χ2v) is 4.51. The van der Waals surface area contributed by atoms with Crippen molar-refractivity contribution in [3.05, 3.63) is 29.8 Å². The Balaban J connectivity index is 2.01. The highest BCUT2D eigenvalue weighted by atomic mass is 16.2. The van der Waals surface area contributed by atoms with E-state index in [0.717, 1.165) is 19.4 Å². The van der Waals surface area contributed by atoms with Crippen molar-refractivity contribution < 1.29 is 5.11 Å². The second-order valence-electron chi connectivity index (χ2n) is 4.51. The molecule has 1 aliphatic rings. The number of aliphatic hydroxyl groups is 1. The summed E-state index contributed by atoms with van der Waals surface area (Å²) in [6.45, 7) is 1.27. The van der Waals surface area contributed by atoms with Gasteiger partial charge in [0.25, 0.3) is 0 Å². The summed E-state index contributed by atoms with van der Waals surface area (Å²) in [6, 6.07) is 10.6. The molecule has 0 atom stereocenters. The van der Waals surface area contributed by atoms with Crippen LogP contribution in [-0.4, -0.2) is 24.3 Å². The molecule has 0 heterocycles. The Morgan fingerprint density at radius 3 is 2.47 bits per heavy atom. The number of anilines is 1. The number of rotatable bonds is 6. The molecule has 0 spiro atoms. The van der Waals surface area contributed by atoms with Crippen LogP contribution in [0.25, 0.3) is 0 Å². The first-order valence-corrected chi connectivity index (χ1v) is 6.23. The van der Waals surface area contributed by atoms with E-state index < -0.39 is 0 Å². The maximum atomic E-state index is 8.82. The van der Waals surface area contributed by atoms with Crippen LogP contribution in [0, 0.1) is 11.3 Å². The number of nitriles is 1. The Hall–Kier alpha value is -1.53. The Morgan fingerprint density at radius 1 is 1.24 bits per heavy atom. The van der Waals surface area contributed by atoms with Crippen LogP contribution < -0.4 is 4.90 Å². The van der Waals surface area contributed by atoms with Gasteiger partial charge in [-0.25, -0.2) is 0 Å². The van der Waals surface area contributed by atoms with Crippen LogP contribution in [0.5, 0.6) is 0 Å². The van der Waals surface area contributed by atoms with Crippen LogP contribution in [0.2, 0.25) is 0 Å². The molecule has 0 radical (unpaired) electrons. The fourth-order valence-corrected chi connectivity index (χ4v) is 2.03. The van der Waals surface area contributed by atoms with Gasteiger partial charge in [0, 0.05) is 24.9 Å². The summed E-state index contributed by atoms with van der Waals surface area (Å²) in [5.74, 6) is 0. The van der Waals surface area contributed by atoms with E-state index in [-0.39, 0.29) is 6.61 Å². The predicted molar refractivity (Wildman–Crippen MR) is 67.8 cm³/mol. The molecular weight excluding hydrogens is 212 g/mol. The lowest BCUT2D eigenvalue weighted by molar-refractivity contribution is 0.285. The molecule has 0 amide bonds. The molecule has 3 heteroatoms. The van der Waals surface area contributed by atoms with Crippen LogP contribution >= 0.6 is 0 Å². The van der Waals surface area contributed by atoms with Crippen molar-refractivity contribution in [2.45, 2.75) is 31.7 Å². The van der Waals surface area contributed by atoms with Crippen LogP contribution in [0.3, 0.4) is 0 Å². The molecule has 3 nitrogen and oxygen atoms in total. The zero-order chi connectivity index (χ0) is 12.1. The maximum Gasteiger partial charge on any atom is 0.0991 e. The topological polar surface area (TPSA) is 47.3 Å². The minimum Gasteiger partial charge on any atom is -0.396 e. The van der Waals surface area contributed by atoms with Crippen LogP contribution in [-0.2, 0) is 0 Å². The van der Waals surface area contributed by atoms with Crippen molar-refractivity contribution >= 4 is 5.69 Å². The molecule has 1 fully saturated rings. The Morgan fingerprint density at radius 2 is 1.94 bits per heavy atom. The summed E-state index contributed by atoms with van der Waals surface area (Å²) in [4.78, 5) is 2.40. The number of hydrogen-bond donors (Lipinski definition) is 1. The smallest absolute Gasteiger partial charge is 0.0991 e. The fraction of sp³-hybridized carbons (Fsp3) is 0.500. The highest BCUT2D eigenvalue weighted by Crippen LogP contribution is 2.31. The Labute approximate surface area is 102 Å².